The number of hydrogen-bond donors (Lipinski definition) is 0. The van der Waals surface area contributed by atoms with Crippen LogP contribution in [0.1, 0.15) is 16.7 Å². The topological polar surface area (TPSA) is 49.2 Å². The van der Waals surface area contributed by atoms with E-state index in [1.807, 2.05) is 30.5 Å². The first kappa shape index (κ1) is 19.2. The Balaban J connectivity index is 1.77. The Morgan fingerprint density at radius 1 is 1.11 bits per heavy atom. The summed E-state index contributed by atoms with van der Waals surface area (Å²) in [5, 5.41) is 8.95. The third kappa shape index (κ3) is 4.57. The molecule has 5 nitrogen and oxygen atoms in total. The molecule has 0 aliphatic rings. The predicted molar refractivity (Wildman–Crippen MR) is 100 cm³/mol. The Kier molecular flexibility index (Phi) is 5.95. The molecular formula is C19H19F2N3O2S. The molecule has 0 N–H and O–H groups in total. The van der Waals surface area contributed by atoms with E-state index in [2.05, 4.69) is 21.0 Å². The van der Waals surface area contributed by atoms with E-state index in [9.17, 15) is 8.78 Å². The molecule has 3 aromatic rings. The van der Waals surface area contributed by atoms with Crippen molar-refractivity contribution in [1.29, 1.82) is 0 Å². The van der Waals surface area contributed by atoms with Crippen LogP contribution < -0.4 is 9.47 Å². The van der Waals surface area contributed by atoms with Gasteiger partial charge in [-0.05, 0) is 43.2 Å². The number of hydrogen-bond acceptors (Lipinski definition) is 5. The van der Waals surface area contributed by atoms with Crippen LogP contribution in [0.3, 0.4) is 0 Å². The van der Waals surface area contributed by atoms with E-state index in [1.54, 1.807) is 18.5 Å². The maximum Gasteiger partial charge on any atom is 0.387 e. The molecule has 8 heteroatoms. The maximum absolute atomic E-state index is 12.4. The molecule has 0 bridgehead atoms. The SMILES string of the molecule is COc1cc(CSc2nncn2-c2ccc(C)cc2C)ccc1OC(F)F. The highest BCUT2D eigenvalue weighted by Gasteiger charge is 2.13. The lowest BCUT2D eigenvalue weighted by molar-refractivity contribution is -0.0512. The minimum absolute atomic E-state index is 0.0136. The van der Waals surface area contributed by atoms with Crippen LogP contribution in [0.5, 0.6) is 11.5 Å². The molecule has 0 aliphatic carbocycles. The standard InChI is InChI=1S/C19H19F2N3O2S/c1-12-4-6-15(13(2)8-12)24-11-22-23-19(24)27-10-14-5-7-16(26-18(20)21)17(9-14)25-3/h4-9,11,18H,10H2,1-3H3. The summed E-state index contributed by atoms with van der Waals surface area (Å²) in [6, 6.07) is 11.1. The summed E-state index contributed by atoms with van der Waals surface area (Å²) in [6.45, 7) is 1.20. The highest BCUT2D eigenvalue weighted by atomic mass is 32.2. The van der Waals surface area contributed by atoms with Gasteiger partial charge in [-0.1, -0.05) is 35.5 Å². The number of halogens is 2. The highest BCUT2D eigenvalue weighted by molar-refractivity contribution is 7.98. The van der Waals surface area contributed by atoms with Gasteiger partial charge in [0.05, 0.1) is 12.8 Å². The molecule has 0 radical (unpaired) electrons. The summed E-state index contributed by atoms with van der Waals surface area (Å²) >= 11 is 1.50. The van der Waals surface area contributed by atoms with Crippen molar-refractivity contribution in [3.63, 3.8) is 0 Å². The van der Waals surface area contributed by atoms with E-state index in [-0.39, 0.29) is 11.5 Å². The van der Waals surface area contributed by atoms with Crippen molar-refractivity contribution in [2.75, 3.05) is 7.11 Å². The zero-order valence-corrected chi connectivity index (χ0v) is 16.0. The van der Waals surface area contributed by atoms with Gasteiger partial charge in [-0.15, -0.1) is 10.2 Å². The van der Waals surface area contributed by atoms with Crippen molar-refractivity contribution in [3.05, 3.63) is 59.4 Å². The summed E-state index contributed by atoms with van der Waals surface area (Å²) in [4.78, 5) is 0. The first-order valence-electron chi connectivity index (χ1n) is 8.20. The molecule has 0 amide bonds. The second-order valence-electron chi connectivity index (χ2n) is 5.93. The Bertz CT molecular complexity index is 931. The first-order valence-corrected chi connectivity index (χ1v) is 9.18. The van der Waals surface area contributed by atoms with Gasteiger partial charge in [-0.25, -0.2) is 0 Å². The number of aromatic nitrogens is 3. The van der Waals surface area contributed by atoms with Crippen molar-refractivity contribution in [2.24, 2.45) is 0 Å². The molecule has 2 aromatic carbocycles. The summed E-state index contributed by atoms with van der Waals surface area (Å²) in [6.07, 6.45) is 1.68. The number of methoxy groups -OCH3 is 1. The molecule has 142 valence electrons. The zero-order chi connectivity index (χ0) is 19.4. The molecule has 0 aliphatic heterocycles. The van der Waals surface area contributed by atoms with Gasteiger partial charge < -0.3 is 9.47 Å². The molecular weight excluding hydrogens is 372 g/mol. The van der Waals surface area contributed by atoms with Gasteiger partial charge >= 0.3 is 6.61 Å². The minimum atomic E-state index is -2.89. The molecule has 0 atom stereocenters. The number of thioether (sulfide) groups is 1. The molecule has 0 unspecified atom stereocenters. The number of benzene rings is 2. The van der Waals surface area contributed by atoms with Crippen molar-refractivity contribution < 1.29 is 18.3 Å². The third-order valence-electron chi connectivity index (χ3n) is 3.94. The quantitative estimate of drug-likeness (QED) is 0.542. The van der Waals surface area contributed by atoms with Crippen molar-refractivity contribution >= 4 is 11.8 Å². The van der Waals surface area contributed by atoms with Crippen LogP contribution in [-0.2, 0) is 5.75 Å². The van der Waals surface area contributed by atoms with E-state index in [1.165, 1.54) is 30.5 Å². The Labute approximate surface area is 160 Å². The van der Waals surface area contributed by atoms with Crippen LogP contribution in [0, 0.1) is 13.8 Å². The van der Waals surface area contributed by atoms with Crippen molar-refractivity contribution in [2.45, 2.75) is 31.4 Å². The van der Waals surface area contributed by atoms with Crippen molar-refractivity contribution in [1.82, 2.24) is 14.8 Å². The Morgan fingerprint density at radius 3 is 2.63 bits per heavy atom. The first-order chi connectivity index (χ1) is 13.0. The number of alkyl halides is 2. The zero-order valence-electron chi connectivity index (χ0n) is 15.1. The maximum atomic E-state index is 12.4. The lowest BCUT2D eigenvalue weighted by atomic mass is 10.1. The van der Waals surface area contributed by atoms with E-state index in [0.29, 0.717) is 5.75 Å². The fraction of sp³-hybridized carbons (Fsp3) is 0.263. The predicted octanol–water partition coefficient (Wildman–Crippen LogP) is 4.79. The molecule has 0 saturated heterocycles. The van der Waals surface area contributed by atoms with Gasteiger partial charge in [0.25, 0.3) is 0 Å². The monoisotopic (exact) mass is 391 g/mol. The lowest BCUT2D eigenvalue weighted by Gasteiger charge is -2.12. The van der Waals surface area contributed by atoms with E-state index >= 15 is 0 Å². The molecule has 0 saturated carbocycles. The van der Waals surface area contributed by atoms with Gasteiger partial charge in [0.15, 0.2) is 16.7 Å². The van der Waals surface area contributed by atoms with E-state index < -0.39 is 6.61 Å². The average molecular weight is 391 g/mol. The number of rotatable bonds is 7. The second kappa shape index (κ2) is 8.39. The number of ether oxygens (including phenoxy) is 2. The highest BCUT2D eigenvalue weighted by Crippen LogP contribution is 2.32. The van der Waals surface area contributed by atoms with E-state index in [0.717, 1.165) is 22.0 Å². The van der Waals surface area contributed by atoms with Gasteiger partial charge in [0.2, 0.25) is 0 Å². The summed E-state index contributed by atoms with van der Waals surface area (Å²) in [7, 11) is 1.42. The van der Waals surface area contributed by atoms with Gasteiger partial charge in [0.1, 0.15) is 6.33 Å². The molecule has 0 fully saturated rings. The van der Waals surface area contributed by atoms with E-state index in [4.69, 9.17) is 4.74 Å². The lowest BCUT2D eigenvalue weighted by Crippen LogP contribution is -2.03. The smallest absolute Gasteiger partial charge is 0.387 e. The van der Waals surface area contributed by atoms with Crippen molar-refractivity contribution in [3.8, 4) is 17.2 Å². The van der Waals surface area contributed by atoms with Gasteiger partial charge in [-0.2, -0.15) is 8.78 Å². The summed E-state index contributed by atoms with van der Waals surface area (Å²) < 4.78 is 36.4. The summed E-state index contributed by atoms with van der Waals surface area (Å²) in [5.74, 6) is 0.860. The van der Waals surface area contributed by atoms with Crippen LogP contribution >= 0.6 is 11.8 Å². The normalized spacial score (nSPS) is 11.0. The molecule has 0 spiro atoms. The van der Waals surface area contributed by atoms with Crippen LogP contribution in [0.25, 0.3) is 5.69 Å². The fourth-order valence-electron chi connectivity index (χ4n) is 2.71. The number of aryl methyl sites for hydroxylation is 2. The number of nitrogens with zero attached hydrogens (tertiary/aromatic N) is 3. The van der Waals surface area contributed by atoms with Crippen LogP contribution in [0.2, 0.25) is 0 Å². The fourth-order valence-corrected chi connectivity index (χ4v) is 3.57. The van der Waals surface area contributed by atoms with Crippen LogP contribution in [0.4, 0.5) is 8.78 Å². The third-order valence-corrected chi connectivity index (χ3v) is 4.95. The average Bonchev–Trinajstić information content (AvgIpc) is 3.08. The largest absolute Gasteiger partial charge is 0.493 e. The minimum Gasteiger partial charge on any atom is -0.493 e. The van der Waals surface area contributed by atoms with Gasteiger partial charge in [0, 0.05) is 5.75 Å². The molecule has 3 rings (SSSR count). The summed E-state index contributed by atoms with van der Waals surface area (Å²) in [5.41, 5.74) is 4.24. The van der Waals surface area contributed by atoms with Crippen LogP contribution in [-0.4, -0.2) is 28.5 Å². The second-order valence-corrected chi connectivity index (χ2v) is 6.87. The Hall–Kier alpha value is -2.61. The Morgan fingerprint density at radius 2 is 1.93 bits per heavy atom. The molecule has 1 aromatic heterocycles. The van der Waals surface area contributed by atoms with Crippen LogP contribution in [0.15, 0.2) is 47.9 Å². The molecule has 1 heterocycles. The molecule has 27 heavy (non-hydrogen) atoms. The van der Waals surface area contributed by atoms with Gasteiger partial charge in [-0.3, -0.25) is 4.57 Å².